The molecule has 0 aliphatic carbocycles. The minimum atomic E-state index is -0.232. The molecule has 0 radical (unpaired) electrons. The van der Waals surface area contributed by atoms with E-state index in [1.165, 1.54) is 22.9 Å². The zero-order chi connectivity index (χ0) is 16.2. The average Bonchev–Trinajstić information content (AvgIpc) is 2.55. The molecule has 2 nitrogen and oxygen atoms in total. The summed E-state index contributed by atoms with van der Waals surface area (Å²) < 4.78 is 19.0. The van der Waals surface area contributed by atoms with Crippen molar-refractivity contribution in [1.82, 2.24) is 0 Å². The number of benzene rings is 3. The molecule has 118 valence electrons. The molecule has 0 atom stereocenters. The molecule has 0 bridgehead atoms. The van der Waals surface area contributed by atoms with E-state index in [0.29, 0.717) is 6.54 Å². The Kier molecular flexibility index (Phi) is 4.47. The summed E-state index contributed by atoms with van der Waals surface area (Å²) in [6.07, 6.45) is 0.112. The van der Waals surface area contributed by atoms with Gasteiger partial charge >= 0.3 is 0 Å². The molecule has 0 aliphatic heterocycles. The lowest BCUT2D eigenvalue weighted by Gasteiger charge is -2.17. The normalized spacial score (nSPS) is 11.0. The Labute approximate surface area is 135 Å². The second kappa shape index (κ2) is 6.69. The van der Waals surface area contributed by atoms with Crippen LogP contribution in [0.2, 0.25) is 0 Å². The largest absolute Gasteiger partial charge is 0.491 e. The van der Waals surface area contributed by atoms with E-state index in [0.717, 1.165) is 17.0 Å². The van der Waals surface area contributed by atoms with Crippen LogP contribution in [-0.2, 0) is 6.54 Å². The lowest BCUT2D eigenvalue weighted by molar-refractivity contribution is 0.240. The first-order valence-corrected chi connectivity index (χ1v) is 7.80. The summed E-state index contributed by atoms with van der Waals surface area (Å²) in [5, 5.41) is 5.69. The zero-order valence-corrected chi connectivity index (χ0v) is 13.3. The lowest BCUT2D eigenvalue weighted by atomic mass is 10.0. The van der Waals surface area contributed by atoms with Gasteiger partial charge in [0.2, 0.25) is 0 Å². The standard InChI is InChI=1S/C20H20FNO/c1-14(2)23-20-12-7-15-5-3-4-6-18(15)19(20)13-22-17-10-8-16(21)9-11-17/h3-12,14,22H,13H2,1-2H3. The van der Waals surface area contributed by atoms with Crippen molar-refractivity contribution in [3.63, 3.8) is 0 Å². The number of hydrogen-bond acceptors (Lipinski definition) is 2. The van der Waals surface area contributed by atoms with Crippen molar-refractivity contribution < 1.29 is 9.13 Å². The predicted octanol–water partition coefficient (Wildman–Crippen LogP) is 5.38. The van der Waals surface area contributed by atoms with Crippen LogP contribution in [0.15, 0.2) is 60.7 Å². The highest BCUT2D eigenvalue weighted by atomic mass is 19.1. The predicted molar refractivity (Wildman–Crippen MR) is 93.4 cm³/mol. The van der Waals surface area contributed by atoms with Gasteiger partial charge in [-0.3, -0.25) is 0 Å². The van der Waals surface area contributed by atoms with Gasteiger partial charge in [-0.05, 0) is 55.0 Å². The summed E-state index contributed by atoms with van der Waals surface area (Å²) in [5.41, 5.74) is 2.00. The molecule has 0 fully saturated rings. The summed E-state index contributed by atoms with van der Waals surface area (Å²) in [6.45, 7) is 4.66. The van der Waals surface area contributed by atoms with Gasteiger partial charge in [0.05, 0.1) is 6.10 Å². The van der Waals surface area contributed by atoms with Gasteiger partial charge < -0.3 is 10.1 Å². The maximum atomic E-state index is 13.0. The van der Waals surface area contributed by atoms with E-state index in [1.54, 1.807) is 12.1 Å². The lowest BCUT2D eigenvalue weighted by Crippen LogP contribution is -2.09. The average molecular weight is 309 g/mol. The summed E-state index contributed by atoms with van der Waals surface area (Å²) in [5.74, 6) is 0.651. The Hall–Kier alpha value is -2.55. The zero-order valence-electron chi connectivity index (χ0n) is 13.3. The fourth-order valence-corrected chi connectivity index (χ4v) is 2.62. The van der Waals surface area contributed by atoms with Crippen molar-refractivity contribution in [3.05, 3.63) is 72.0 Å². The van der Waals surface area contributed by atoms with Crippen LogP contribution in [0.3, 0.4) is 0 Å². The first kappa shape index (κ1) is 15.3. The summed E-state index contributed by atoms with van der Waals surface area (Å²) >= 11 is 0. The molecule has 1 N–H and O–H groups in total. The quantitative estimate of drug-likeness (QED) is 0.683. The van der Waals surface area contributed by atoms with E-state index in [1.807, 2.05) is 32.0 Å². The van der Waals surface area contributed by atoms with Crippen LogP contribution in [0.25, 0.3) is 10.8 Å². The molecule has 3 aromatic carbocycles. The summed E-state index contributed by atoms with van der Waals surface area (Å²) in [6, 6.07) is 18.7. The fraction of sp³-hybridized carbons (Fsp3) is 0.200. The van der Waals surface area contributed by atoms with Crippen molar-refractivity contribution in [2.24, 2.45) is 0 Å². The second-order valence-corrected chi connectivity index (χ2v) is 5.79. The maximum Gasteiger partial charge on any atom is 0.125 e. The van der Waals surface area contributed by atoms with E-state index in [9.17, 15) is 4.39 Å². The molecular weight excluding hydrogens is 289 g/mol. The van der Waals surface area contributed by atoms with Crippen LogP contribution in [0.1, 0.15) is 19.4 Å². The number of nitrogens with one attached hydrogen (secondary N) is 1. The molecule has 0 saturated heterocycles. The summed E-state index contributed by atoms with van der Waals surface area (Å²) in [7, 11) is 0. The maximum absolute atomic E-state index is 13.0. The molecule has 0 heterocycles. The smallest absolute Gasteiger partial charge is 0.125 e. The van der Waals surface area contributed by atoms with Crippen LogP contribution in [-0.4, -0.2) is 6.10 Å². The highest BCUT2D eigenvalue weighted by Gasteiger charge is 2.10. The molecule has 0 unspecified atom stereocenters. The van der Waals surface area contributed by atoms with Gasteiger partial charge in [0.25, 0.3) is 0 Å². The molecule has 0 spiro atoms. The van der Waals surface area contributed by atoms with E-state index >= 15 is 0 Å². The minimum absolute atomic E-state index is 0.112. The summed E-state index contributed by atoms with van der Waals surface area (Å²) in [4.78, 5) is 0. The number of rotatable bonds is 5. The van der Waals surface area contributed by atoms with Gasteiger partial charge in [-0.1, -0.05) is 30.3 Å². The van der Waals surface area contributed by atoms with E-state index in [4.69, 9.17) is 4.74 Å². The van der Waals surface area contributed by atoms with Gasteiger partial charge in [-0.25, -0.2) is 4.39 Å². The van der Waals surface area contributed by atoms with Crippen molar-refractivity contribution in [2.75, 3.05) is 5.32 Å². The SMILES string of the molecule is CC(C)Oc1ccc2ccccc2c1CNc1ccc(F)cc1. The van der Waals surface area contributed by atoms with E-state index in [-0.39, 0.29) is 11.9 Å². The van der Waals surface area contributed by atoms with Crippen molar-refractivity contribution in [1.29, 1.82) is 0 Å². The first-order chi connectivity index (χ1) is 11.1. The third-order valence-corrected chi connectivity index (χ3v) is 3.67. The molecular formula is C20H20FNO. The molecule has 0 aliphatic rings. The molecule has 3 rings (SSSR count). The fourth-order valence-electron chi connectivity index (χ4n) is 2.62. The van der Waals surface area contributed by atoms with Crippen LogP contribution >= 0.6 is 0 Å². The number of halogens is 1. The highest BCUT2D eigenvalue weighted by molar-refractivity contribution is 5.88. The Balaban J connectivity index is 1.94. The Morgan fingerprint density at radius 1 is 0.957 bits per heavy atom. The molecule has 0 amide bonds. The molecule has 3 aromatic rings. The van der Waals surface area contributed by atoms with E-state index in [2.05, 4.69) is 23.5 Å². The first-order valence-electron chi connectivity index (χ1n) is 7.80. The Bertz CT molecular complexity index is 796. The number of fused-ring (bicyclic) bond motifs is 1. The second-order valence-electron chi connectivity index (χ2n) is 5.79. The third-order valence-electron chi connectivity index (χ3n) is 3.67. The Morgan fingerprint density at radius 3 is 2.43 bits per heavy atom. The van der Waals surface area contributed by atoms with Gasteiger partial charge in [-0.2, -0.15) is 0 Å². The van der Waals surface area contributed by atoms with Crippen LogP contribution in [0.4, 0.5) is 10.1 Å². The highest BCUT2D eigenvalue weighted by Crippen LogP contribution is 2.29. The monoisotopic (exact) mass is 309 g/mol. The molecule has 0 saturated carbocycles. The Morgan fingerprint density at radius 2 is 1.70 bits per heavy atom. The van der Waals surface area contributed by atoms with Crippen LogP contribution < -0.4 is 10.1 Å². The molecule has 0 aromatic heterocycles. The van der Waals surface area contributed by atoms with Crippen LogP contribution in [0, 0.1) is 5.82 Å². The number of anilines is 1. The van der Waals surface area contributed by atoms with Gasteiger partial charge in [0.1, 0.15) is 11.6 Å². The number of ether oxygens (including phenoxy) is 1. The topological polar surface area (TPSA) is 21.3 Å². The molecule has 3 heteroatoms. The van der Waals surface area contributed by atoms with Gasteiger partial charge in [0, 0.05) is 17.8 Å². The van der Waals surface area contributed by atoms with Gasteiger partial charge in [-0.15, -0.1) is 0 Å². The van der Waals surface area contributed by atoms with E-state index < -0.39 is 0 Å². The minimum Gasteiger partial charge on any atom is -0.491 e. The van der Waals surface area contributed by atoms with Crippen molar-refractivity contribution >= 4 is 16.5 Å². The van der Waals surface area contributed by atoms with Crippen molar-refractivity contribution in [2.45, 2.75) is 26.5 Å². The third kappa shape index (κ3) is 3.62. The van der Waals surface area contributed by atoms with Crippen LogP contribution in [0.5, 0.6) is 5.75 Å². The van der Waals surface area contributed by atoms with Gasteiger partial charge in [0.15, 0.2) is 0 Å². The van der Waals surface area contributed by atoms with Crippen molar-refractivity contribution in [3.8, 4) is 5.75 Å². The molecule has 23 heavy (non-hydrogen) atoms. The number of hydrogen-bond donors (Lipinski definition) is 1.